The zero-order valence-electron chi connectivity index (χ0n) is 18.6. The van der Waals surface area contributed by atoms with E-state index in [0.717, 1.165) is 11.4 Å². The van der Waals surface area contributed by atoms with Crippen LogP contribution in [0.4, 0.5) is 11.5 Å². The largest absolute Gasteiger partial charge is 0.494 e. The monoisotopic (exact) mass is 474 g/mol. The van der Waals surface area contributed by atoms with Gasteiger partial charge >= 0.3 is 0 Å². The molecule has 34 heavy (non-hydrogen) atoms. The van der Waals surface area contributed by atoms with E-state index < -0.39 is 0 Å². The molecule has 3 heterocycles. The van der Waals surface area contributed by atoms with Crippen LogP contribution in [0.2, 0.25) is 5.02 Å². The molecule has 4 aromatic rings. The van der Waals surface area contributed by atoms with Gasteiger partial charge in [-0.3, -0.25) is 4.79 Å². The highest BCUT2D eigenvalue weighted by Gasteiger charge is 2.22. The van der Waals surface area contributed by atoms with Gasteiger partial charge in [0.2, 0.25) is 5.88 Å². The predicted molar refractivity (Wildman–Crippen MR) is 135 cm³/mol. The van der Waals surface area contributed by atoms with Crippen LogP contribution in [0.25, 0.3) is 16.5 Å². The van der Waals surface area contributed by atoms with E-state index in [-0.39, 0.29) is 11.4 Å². The fraction of sp³-hybridized carbons (Fsp3) is 0.192. The number of aryl methyl sites for hydroxylation is 1. The number of anilines is 1. The standard InChI is InChI=1S/C26H23ClN4O3/c1-17-5-4-8-24(29-17)28-16-21-19-6-2-3-7-20(19)25(32)31(26(21)33)23-15-18(27)9-10-22(23)30-11-13-34-14-12-30/h2-10,15-16,33H,11-14H2,1H3. The number of aliphatic imine (C=N–C) groups is 1. The van der Waals surface area contributed by atoms with Gasteiger partial charge in [0.1, 0.15) is 0 Å². The third-order valence-electron chi connectivity index (χ3n) is 5.83. The van der Waals surface area contributed by atoms with Crippen LogP contribution in [-0.2, 0) is 4.74 Å². The van der Waals surface area contributed by atoms with Crippen LogP contribution < -0.4 is 10.5 Å². The Hall–Kier alpha value is -3.68. The molecule has 0 aliphatic carbocycles. The van der Waals surface area contributed by atoms with E-state index in [4.69, 9.17) is 16.3 Å². The highest BCUT2D eigenvalue weighted by Crippen LogP contribution is 2.33. The van der Waals surface area contributed by atoms with Crippen molar-refractivity contribution >= 4 is 40.1 Å². The van der Waals surface area contributed by atoms with Gasteiger partial charge in [-0.1, -0.05) is 35.9 Å². The molecule has 0 amide bonds. The van der Waals surface area contributed by atoms with Crippen molar-refractivity contribution in [3.8, 4) is 11.6 Å². The molecule has 1 saturated heterocycles. The summed E-state index contributed by atoms with van der Waals surface area (Å²) in [4.78, 5) is 24.6. The summed E-state index contributed by atoms with van der Waals surface area (Å²) in [5.41, 5.74) is 2.22. The molecule has 7 nitrogen and oxygen atoms in total. The van der Waals surface area contributed by atoms with Gasteiger partial charge in [-0.05, 0) is 43.3 Å². The molecule has 0 radical (unpaired) electrons. The van der Waals surface area contributed by atoms with E-state index in [1.807, 2.05) is 31.2 Å². The number of rotatable bonds is 4. The molecule has 0 saturated carbocycles. The zero-order valence-corrected chi connectivity index (χ0v) is 19.4. The number of fused-ring (bicyclic) bond motifs is 1. The lowest BCUT2D eigenvalue weighted by Gasteiger charge is -2.31. The average molecular weight is 475 g/mol. The van der Waals surface area contributed by atoms with Crippen molar-refractivity contribution in [2.45, 2.75) is 6.92 Å². The second-order valence-corrected chi connectivity index (χ2v) is 8.49. The van der Waals surface area contributed by atoms with E-state index in [9.17, 15) is 9.90 Å². The van der Waals surface area contributed by atoms with Crippen molar-refractivity contribution in [3.05, 3.63) is 87.3 Å². The molecular formula is C26H23ClN4O3. The maximum Gasteiger partial charge on any atom is 0.265 e. The van der Waals surface area contributed by atoms with E-state index >= 15 is 0 Å². The van der Waals surface area contributed by atoms with Crippen molar-refractivity contribution in [3.63, 3.8) is 0 Å². The molecule has 0 bridgehead atoms. The Labute approximate surface area is 201 Å². The fourth-order valence-electron chi connectivity index (χ4n) is 4.19. The molecule has 2 aromatic heterocycles. The number of pyridine rings is 2. The third kappa shape index (κ3) is 4.16. The van der Waals surface area contributed by atoms with Gasteiger partial charge in [-0.25, -0.2) is 14.5 Å². The number of hydrogen-bond acceptors (Lipinski definition) is 6. The molecule has 1 aliphatic heterocycles. The third-order valence-corrected chi connectivity index (χ3v) is 6.07. The molecule has 0 spiro atoms. The SMILES string of the molecule is Cc1cccc(N=Cc2c(O)n(-c3cc(Cl)ccc3N3CCOCC3)c(=O)c3ccccc23)n1. The molecule has 0 unspecified atom stereocenters. The lowest BCUT2D eigenvalue weighted by Crippen LogP contribution is -2.37. The molecule has 172 valence electrons. The highest BCUT2D eigenvalue weighted by molar-refractivity contribution is 6.30. The zero-order chi connectivity index (χ0) is 23.7. The van der Waals surface area contributed by atoms with E-state index in [0.29, 0.717) is 59.2 Å². The highest BCUT2D eigenvalue weighted by atomic mass is 35.5. The van der Waals surface area contributed by atoms with E-state index in [1.165, 1.54) is 4.57 Å². The first-order valence-corrected chi connectivity index (χ1v) is 11.4. The number of halogens is 1. The molecule has 8 heteroatoms. The smallest absolute Gasteiger partial charge is 0.265 e. The van der Waals surface area contributed by atoms with Gasteiger partial charge in [0.15, 0.2) is 5.82 Å². The summed E-state index contributed by atoms with van der Waals surface area (Å²) < 4.78 is 6.80. The van der Waals surface area contributed by atoms with Crippen LogP contribution in [0.1, 0.15) is 11.3 Å². The number of aromatic nitrogens is 2. The van der Waals surface area contributed by atoms with Crippen LogP contribution in [0, 0.1) is 6.92 Å². The van der Waals surface area contributed by atoms with Crippen molar-refractivity contribution in [1.82, 2.24) is 9.55 Å². The number of benzene rings is 2. The van der Waals surface area contributed by atoms with Gasteiger partial charge in [-0.2, -0.15) is 0 Å². The molecule has 0 atom stereocenters. The van der Waals surface area contributed by atoms with Crippen LogP contribution in [0.3, 0.4) is 0 Å². The summed E-state index contributed by atoms with van der Waals surface area (Å²) in [6.07, 6.45) is 1.55. The Morgan fingerprint density at radius 2 is 1.79 bits per heavy atom. The first-order valence-electron chi connectivity index (χ1n) is 11.0. The Kier molecular flexibility index (Phi) is 6.04. The summed E-state index contributed by atoms with van der Waals surface area (Å²) in [6.45, 7) is 4.40. The first-order chi connectivity index (χ1) is 16.5. The van der Waals surface area contributed by atoms with Crippen LogP contribution in [0.5, 0.6) is 5.88 Å². The number of aromatic hydroxyl groups is 1. The van der Waals surface area contributed by atoms with Crippen molar-refractivity contribution in [2.75, 3.05) is 31.2 Å². The number of hydrogen-bond donors (Lipinski definition) is 1. The minimum atomic E-state index is -0.337. The molecular weight excluding hydrogens is 452 g/mol. The van der Waals surface area contributed by atoms with Crippen molar-refractivity contribution in [1.29, 1.82) is 0 Å². The topological polar surface area (TPSA) is 80.0 Å². The normalized spacial score (nSPS) is 14.2. The molecule has 1 fully saturated rings. The lowest BCUT2D eigenvalue weighted by atomic mass is 10.1. The first kappa shape index (κ1) is 22.1. The minimum Gasteiger partial charge on any atom is -0.494 e. The van der Waals surface area contributed by atoms with Gasteiger partial charge in [0.25, 0.3) is 5.56 Å². The second kappa shape index (κ2) is 9.29. The second-order valence-electron chi connectivity index (χ2n) is 8.05. The van der Waals surface area contributed by atoms with Gasteiger partial charge in [-0.15, -0.1) is 0 Å². The molecule has 1 N–H and O–H groups in total. The average Bonchev–Trinajstić information content (AvgIpc) is 2.85. The summed E-state index contributed by atoms with van der Waals surface area (Å²) >= 11 is 6.35. The summed E-state index contributed by atoms with van der Waals surface area (Å²) in [5.74, 6) is 0.301. The van der Waals surface area contributed by atoms with Crippen molar-refractivity contribution in [2.24, 2.45) is 4.99 Å². The number of morpholine rings is 1. The Balaban J connectivity index is 1.75. The Morgan fingerprint density at radius 1 is 1.03 bits per heavy atom. The quantitative estimate of drug-likeness (QED) is 0.436. The van der Waals surface area contributed by atoms with Gasteiger partial charge in [0.05, 0.1) is 30.2 Å². The maximum absolute atomic E-state index is 13.6. The van der Waals surface area contributed by atoms with Crippen LogP contribution in [0.15, 0.2) is 70.5 Å². The van der Waals surface area contributed by atoms with E-state index in [1.54, 1.807) is 42.6 Å². The van der Waals surface area contributed by atoms with Crippen LogP contribution >= 0.6 is 11.6 Å². The lowest BCUT2D eigenvalue weighted by molar-refractivity contribution is 0.122. The fourth-order valence-corrected chi connectivity index (χ4v) is 4.36. The molecule has 2 aromatic carbocycles. The van der Waals surface area contributed by atoms with Gasteiger partial charge < -0.3 is 14.7 Å². The molecule has 1 aliphatic rings. The predicted octanol–water partition coefficient (Wildman–Crippen LogP) is 4.64. The summed E-state index contributed by atoms with van der Waals surface area (Å²) in [6, 6.07) is 18.1. The number of nitrogens with zero attached hydrogens (tertiary/aromatic N) is 4. The molecule has 5 rings (SSSR count). The summed E-state index contributed by atoms with van der Waals surface area (Å²) in [7, 11) is 0. The maximum atomic E-state index is 13.6. The number of ether oxygens (including phenoxy) is 1. The van der Waals surface area contributed by atoms with E-state index in [2.05, 4.69) is 14.9 Å². The Morgan fingerprint density at radius 3 is 2.56 bits per heavy atom. The summed E-state index contributed by atoms with van der Waals surface area (Å²) in [5, 5.41) is 13.0. The van der Waals surface area contributed by atoms with Crippen LogP contribution in [-0.4, -0.2) is 47.2 Å². The minimum absolute atomic E-state index is 0.211. The van der Waals surface area contributed by atoms with Crippen molar-refractivity contribution < 1.29 is 9.84 Å². The van der Waals surface area contributed by atoms with Gasteiger partial charge in [0, 0.05) is 40.8 Å². The Bertz CT molecular complexity index is 1460.